The minimum atomic E-state index is -0.915. The van der Waals surface area contributed by atoms with E-state index in [1.165, 1.54) is 0 Å². The molecule has 3 amide bonds. The van der Waals surface area contributed by atoms with Gasteiger partial charge in [-0.25, -0.2) is 9.69 Å². The molecule has 1 spiro atoms. The first-order valence-corrected chi connectivity index (χ1v) is 6.65. The number of carbonyl (C=O) groups excluding carboxylic acids is 2. The van der Waals surface area contributed by atoms with Crippen LogP contribution < -0.4 is 5.32 Å². The van der Waals surface area contributed by atoms with Gasteiger partial charge in [-0.15, -0.1) is 11.3 Å². The van der Waals surface area contributed by atoms with Crippen LogP contribution in [0, 0.1) is 11.3 Å². The highest BCUT2D eigenvalue weighted by Gasteiger charge is 2.54. The molecule has 1 aromatic rings. The molecule has 6 heteroatoms. The van der Waals surface area contributed by atoms with Gasteiger partial charge >= 0.3 is 6.03 Å². The molecule has 1 atom stereocenters. The number of nitrogens with one attached hydrogen (secondary N) is 1. The Morgan fingerprint density at radius 3 is 3.17 bits per heavy atom. The van der Waals surface area contributed by atoms with Crippen molar-refractivity contribution in [1.29, 1.82) is 5.26 Å². The minimum Gasteiger partial charge on any atom is -0.319 e. The van der Waals surface area contributed by atoms with E-state index in [9.17, 15) is 9.59 Å². The SMILES string of the molecule is N#CCN1C(=O)N[C@]2(CCCc3sccc32)C1=O. The Kier molecular flexibility index (Phi) is 2.38. The zero-order valence-corrected chi connectivity index (χ0v) is 10.4. The summed E-state index contributed by atoms with van der Waals surface area (Å²) >= 11 is 1.62. The van der Waals surface area contributed by atoms with E-state index >= 15 is 0 Å². The predicted octanol–water partition coefficient (Wildman–Crippen LogP) is 1.36. The van der Waals surface area contributed by atoms with Crippen molar-refractivity contribution in [2.75, 3.05) is 6.54 Å². The molecule has 0 radical (unpaired) electrons. The van der Waals surface area contributed by atoms with E-state index in [1.807, 2.05) is 17.5 Å². The first-order valence-electron chi connectivity index (χ1n) is 5.77. The van der Waals surface area contributed by atoms with Crippen molar-refractivity contribution in [2.45, 2.75) is 24.8 Å². The Morgan fingerprint density at radius 1 is 1.56 bits per heavy atom. The third-order valence-corrected chi connectivity index (χ3v) is 4.55. The number of thiophene rings is 1. The molecule has 0 saturated carbocycles. The van der Waals surface area contributed by atoms with Crippen LogP contribution in [-0.2, 0) is 16.8 Å². The summed E-state index contributed by atoms with van der Waals surface area (Å²) in [6.07, 6.45) is 2.44. The molecule has 1 saturated heterocycles. The third kappa shape index (κ3) is 1.31. The molecular formula is C12H11N3O2S. The summed E-state index contributed by atoms with van der Waals surface area (Å²) in [5.41, 5.74) is -0.000773. The zero-order chi connectivity index (χ0) is 12.8. The van der Waals surface area contributed by atoms with Crippen LogP contribution in [0.5, 0.6) is 0 Å². The van der Waals surface area contributed by atoms with Gasteiger partial charge in [0.05, 0.1) is 6.07 Å². The van der Waals surface area contributed by atoms with E-state index in [4.69, 9.17) is 5.26 Å². The second-order valence-electron chi connectivity index (χ2n) is 4.50. The Bertz CT molecular complexity index is 574. The van der Waals surface area contributed by atoms with Gasteiger partial charge in [-0.3, -0.25) is 4.79 Å². The lowest BCUT2D eigenvalue weighted by Gasteiger charge is -2.30. The molecule has 2 aliphatic rings. The highest BCUT2D eigenvalue weighted by Crippen LogP contribution is 2.41. The Labute approximate surface area is 108 Å². The smallest absolute Gasteiger partial charge is 0.319 e. The van der Waals surface area contributed by atoms with Crippen molar-refractivity contribution >= 4 is 23.3 Å². The topological polar surface area (TPSA) is 73.2 Å². The molecule has 92 valence electrons. The second-order valence-corrected chi connectivity index (χ2v) is 5.50. The van der Waals surface area contributed by atoms with E-state index in [2.05, 4.69) is 5.32 Å². The predicted molar refractivity (Wildman–Crippen MR) is 64.8 cm³/mol. The molecule has 0 bridgehead atoms. The number of nitrogens with zero attached hydrogens (tertiary/aromatic N) is 2. The molecular weight excluding hydrogens is 250 g/mol. The molecule has 2 heterocycles. The Balaban J connectivity index is 2.07. The van der Waals surface area contributed by atoms with Crippen molar-refractivity contribution in [2.24, 2.45) is 0 Å². The Morgan fingerprint density at radius 2 is 2.39 bits per heavy atom. The molecule has 1 N–H and O–H groups in total. The fourth-order valence-electron chi connectivity index (χ4n) is 2.76. The molecule has 3 rings (SSSR count). The second kappa shape index (κ2) is 3.82. The van der Waals surface area contributed by atoms with E-state index < -0.39 is 11.6 Å². The largest absolute Gasteiger partial charge is 0.326 e. The number of aryl methyl sites for hydroxylation is 1. The van der Waals surface area contributed by atoms with Crippen LogP contribution in [-0.4, -0.2) is 23.4 Å². The van der Waals surface area contributed by atoms with Gasteiger partial charge in [-0.05, 0) is 30.7 Å². The van der Waals surface area contributed by atoms with Gasteiger partial charge in [0, 0.05) is 10.4 Å². The van der Waals surface area contributed by atoms with Crippen LogP contribution in [0.25, 0.3) is 0 Å². The summed E-state index contributed by atoms with van der Waals surface area (Å²) in [5, 5.41) is 13.4. The standard InChI is InChI=1S/C12H11N3O2S/c13-5-6-15-10(16)12(14-11(15)17)4-1-2-9-8(12)3-7-18-9/h3,7H,1-2,4,6H2,(H,14,17)/t12-/m0/s1. The number of nitriles is 1. The van der Waals surface area contributed by atoms with Gasteiger partial charge in [-0.2, -0.15) is 5.26 Å². The quantitative estimate of drug-likeness (QED) is 0.612. The maximum atomic E-state index is 12.4. The third-order valence-electron chi connectivity index (χ3n) is 3.57. The van der Waals surface area contributed by atoms with E-state index in [0.29, 0.717) is 6.42 Å². The lowest BCUT2D eigenvalue weighted by atomic mass is 9.80. The maximum Gasteiger partial charge on any atom is 0.326 e. The van der Waals surface area contributed by atoms with Gasteiger partial charge in [0.2, 0.25) is 0 Å². The van der Waals surface area contributed by atoms with E-state index in [0.717, 1.165) is 28.2 Å². The molecule has 1 fully saturated rings. The average Bonchev–Trinajstić information content (AvgIpc) is 2.91. The zero-order valence-electron chi connectivity index (χ0n) is 9.60. The van der Waals surface area contributed by atoms with Crippen LogP contribution in [0.4, 0.5) is 4.79 Å². The van der Waals surface area contributed by atoms with Gasteiger partial charge in [0.15, 0.2) is 0 Å². The molecule has 5 nitrogen and oxygen atoms in total. The van der Waals surface area contributed by atoms with Crippen LogP contribution in [0.3, 0.4) is 0 Å². The van der Waals surface area contributed by atoms with Crippen molar-refractivity contribution in [1.82, 2.24) is 10.2 Å². The summed E-state index contributed by atoms with van der Waals surface area (Å²) in [7, 11) is 0. The highest BCUT2D eigenvalue weighted by atomic mass is 32.1. The summed E-state index contributed by atoms with van der Waals surface area (Å²) in [4.78, 5) is 26.4. The van der Waals surface area contributed by atoms with Crippen molar-refractivity contribution in [3.63, 3.8) is 0 Å². The minimum absolute atomic E-state index is 0.189. The first-order chi connectivity index (χ1) is 8.69. The van der Waals surface area contributed by atoms with Crippen molar-refractivity contribution in [3.8, 4) is 6.07 Å². The van der Waals surface area contributed by atoms with Gasteiger partial charge in [-0.1, -0.05) is 0 Å². The lowest BCUT2D eigenvalue weighted by molar-refractivity contribution is -0.131. The fourth-order valence-corrected chi connectivity index (χ4v) is 3.76. The summed E-state index contributed by atoms with van der Waals surface area (Å²) in [5.74, 6) is -0.284. The molecule has 0 aromatic carbocycles. The van der Waals surface area contributed by atoms with Crippen LogP contribution >= 0.6 is 11.3 Å². The molecule has 0 unspecified atom stereocenters. The first kappa shape index (κ1) is 11.2. The number of carbonyl (C=O) groups is 2. The number of amides is 3. The number of fused-ring (bicyclic) bond motifs is 2. The highest BCUT2D eigenvalue weighted by molar-refractivity contribution is 7.10. The van der Waals surface area contributed by atoms with Crippen LogP contribution in [0.15, 0.2) is 11.4 Å². The molecule has 1 aliphatic heterocycles. The van der Waals surface area contributed by atoms with Gasteiger partial charge < -0.3 is 5.32 Å². The van der Waals surface area contributed by atoms with Gasteiger partial charge in [0.1, 0.15) is 12.1 Å². The monoisotopic (exact) mass is 261 g/mol. The molecule has 1 aliphatic carbocycles. The van der Waals surface area contributed by atoms with Gasteiger partial charge in [0.25, 0.3) is 5.91 Å². The van der Waals surface area contributed by atoms with Crippen molar-refractivity contribution < 1.29 is 9.59 Å². The number of imide groups is 1. The van der Waals surface area contributed by atoms with Crippen LogP contribution in [0.1, 0.15) is 23.3 Å². The van der Waals surface area contributed by atoms with E-state index in [-0.39, 0.29) is 12.5 Å². The average molecular weight is 261 g/mol. The van der Waals surface area contributed by atoms with Crippen molar-refractivity contribution in [3.05, 3.63) is 21.9 Å². The fraction of sp³-hybridized carbons (Fsp3) is 0.417. The maximum absolute atomic E-state index is 12.4. The lowest BCUT2D eigenvalue weighted by Crippen LogP contribution is -2.46. The van der Waals surface area contributed by atoms with Crippen LogP contribution in [0.2, 0.25) is 0 Å². The molecule has 18 heavy (non-hydrogen) atoms. The molecule has 1 aromatic heterocycles. The van der Waals surface area contributed by atoms with E-state index in [1.54, 1.807) is 11.3 Å². The number of urea groups is 1. The summed E-state index contributed by atoms with van der Waals surface area (Å²) in [6.45, 7) is -0.189. The normalized spacial score (nSPS) is 26.1. The Hall–Kier alpha value is -1.87. The number of hydrogen-bond acceptors (Lipinski definition) is 4. The summed E-state index contributed by atoms with van der Waals surface area (Å²) < 4.78 is 0. The number of rotatable bonds is 1. The number of hydrogen-bond donors (Lipinski definition) is 1. The summed E-state index contributed by atoms with van der Waals surface area (Å²) in [6, 6.07) is 3.31.